The highest BCUT2D eigenvalue weighted by molar-refractivity contribution is 7.92. The molecule has 0 aromatic rings. The Morgan fingerprint density at radius 3 is 2.20 bits per heavy atom. The lowest BCUT2D eigenvalue weighted by atomic mass is 9.99. The van der Waals surface area contributed by atoms with Crippen LogP contribution in [0.25, 0.3) is 0 Å². The van der Waals surface area contributed by atoms with E-state index in [1.54, 1.807) is 4.90 Å². The van der Waals surface area contributed by atoms with Crippen LogP contribution in [0, 0.1) is 5.92 Å². The Hall–Kier alpha value is -0.580. The summed E-state index contributed by atoms with van der Waals surface area (Å²) in [5.74, 6) is 0.395. The van der Waals surface area contributed by atoms with Crippen molar-refractivity contribution >= 4 is 15.7 Å². The number of amides is 1. The molecule has 1 aliphatic rings. The first-order valence-corrected chi connectivity index (χ1v) is 7.25. The van der Waals surface area contributed by atoms with Crippen molar-refractivity contribution in [3.63, 3.8) is 0 Å². The zero-order chi connectivity index (χ0) is 11.6. The van der Waals surface area contributed by atoms with E-state index < -0.39 is 15.1 Å². The number of hydrogen-bond donors (Lipinski definition) is 0. The molecule has 1 amide bonds. The second kappa shape index (κ2) is 4.51. The van der Waals surface area contributed by atoms with Crippen molar-refractivity contribution in [2.75, 3.05) is 19.3 Å². The van der Waals surface area contributed by atoms with Gasteiger partial charge in [-0.2, -0.15) is 0 Å². The van der Waals surface area contributed by atoms with Crippen LogP contribution in [-0.2, 0) is 14.6 Å². The Morgan fingerprint density at radius 1 is 1.33 bits per heavy atom. The van der Waals surface area contributed by atoms with E-state index >= 15 is 0 Å². The van der Waals surface area contributed by atoms with Gasteiger partial charge in [0.15, 0.2) is 9.84 Å². The fraction of sp³-hybridized carbons (Fsp3) is 0.900. The zero-order valence-corrected chi connectivity index (χ0v) is 10.4. The van der Waals surface area contributed by atoms with E-state index in [1.807, 2.05) is 0 Å². The van der Waals surface area contributed by atoms with Crippen molar-refractivity contribution in [3.8, 4) is 0 Å². The van der Waals surface area contributed by atoms with Gasteiger partial charge < -0.3 is 4.90 Å². The van der Waals surface area contributed by atoms with Gasteiger partial charge in [-0.3, -0.25) is 4.79 Å². The molecule has 1 aliphatic heterocycles. The van der Waals surface area contributed by atoms with E-state index in [2.05, 4.69) is 6.92 Å². The quantitative estimate of drug-likeness (QED) is 0.704. The van der Waals surface area contributed by atoms with E-state index in [4.69, 9.17) is 0 Å². The van der Waals surface area contributed by atoms with Gasteiger partial charge in [0, 0.05) is 19.3 Å². The van der Waals surface area contributed by atoms with E-state index in [1.165, 1.54) is 6.92 Å². The standard InChI is InChI=1S/C10H19NO3S/c1-8-4-6-11(7-5-8)10(12)9(2)15(3,13)14/h8-9H,4-7H2,1-3H3/t9-/m0/s1. The van der Waals surface area contributed by atoms with Crippen molar-refractivity contribution < 1.29 is 13.2 Å². The smallest absolute Gasteiger partial charge is 0.240 e. The average molecular weight is 233 g/mol. The van der Waals surface area contributed by atoms with Gasteiger partial charge in [-0.1, -0.05) is 6.92 Å². The van der Waals surface area contributed by atoms with Crippen LogP contribution < -0.4 is 0 Å². The summed E-state index contributed by atoms with van der Waals surface area (Å²) in [5, 5.41) is -0.897. The highest BCUT2D eigenvalue weighted by Gasteiger charge is 2.29. The van der Waals surface area contributed by atoms with Crippen LogP contribution in [0.4, 0.5) is 0 Å². The van der Waals surface area contributed by atoms with Gasteiger partial charge >= 0.3 is 0 Å². The number of carbonyl (C=O) groups excluding carboxylic acids is 1. The van der Waals surface area contributed by atoms with Crippen LogP contribution in [0.15, 0.2) is 0 Å². The summed E-state index contributed by atoms with van der Waals surface area (Å²) in [6, 6.07) is 0. The van der Waals surface area contributed by atoms with Crippen molar-refractivity contribution in [2.24, 2.45) is 5.92 Å². The van der Waals surface area contributed by atoms with Crippen LogP contribution in [0.2, 0.25) is 0 Å². The molecular weight excluding hydrogens is 214 g/mol. The maximum Gasteiger partial charge on any atom is 0.240 e. The third-order valence-electron chi connectivity index (χ3n) is 3.09. The van der Waals surface area contributed by atoms with Crippen molar-refractivity contribution in [3.05, 3.63) is 0 Å². The number of nitrogens with zero attached hydrogens (tertiary/aromatic N) is 1. The average Bonchev–Trinajstić information content (AvgIpc) is 2.15. The van der Waals surface area contributed by atoms with Crippen molar-refractivity contribution in [2.45, 2.75) is 31.9 Å². The van der Waals surface area contributed by atoms with Gasteiger partial charge in [0.2, 0.25) is 5.91 Å². The molecule has 88 valence electrons. The largest absolute Gasteiger partial charge is 0.342 e. The molecule has 0 unspecified atom stereocenters. The van der Waals surface area contributed by atoms with E-state index in [0.29, 0.717) is 19.0 Å². The van der Waals surface area contributed by atoms with Crippen LogP contribution >= 0.6 is 0 Å². The van der Waals surface area contributed by atoms with E-state index in [0.717, 1.165) is 19.1 Å². The molecule has 1 rings (SSSR count). The molecule has 1 atom stereocenters. The van der Waals surface area contributed by atoms with Crippen LogP contribution in [-0.4, -0.2) is 43.8 Å². The Bertz CT molecular complexity index is 329. The summed E-state index contributed by atoms with van der Waals surface area (Å²) in [6.07, 6.45) is 3.06. The topological polar surface area (TPSA) is 54.5 Å². The van der Waals surface area contributed by atoms with Gasteiger partial charge in [0.25, 0.3) is 0 Å². The molecule has 0 spiro atoms. The Balaban J connectivity index is 2.62. The minimum Gasteiger partial charge on any atom is -0.342 e. The molecule has 0 radical (unpaired) electrons. The van der Waals surface area contributed by atoms with Gasteiger partial charge in [0.05, 0.1) is 0 Å². The number of sulfone groups is 1. The number of likely N-dealkylation sites (tertiary alicyclic amines) is 1. The first-order valence-electron chi connectivity index (χ1n) is 5.30. The molecule has 15 heavy (non-hydrogen) atoms. The molecular formula is C10H19NO3S. The summed E-state index contributed by atoms with van der Waals surface area (Å²) in [7, 11) is -3.26. The second-order valence-electron chi connectivity index (χ2n) is 4.48. The zero-order valence-electron chi connectivity index (χ0n) is 9.56. The number of piperidine rings is 1. The summed E-state index contributed by atoms with van der Waals surface area (Å²) in [4.78, 5) is 13.5. The van der Waals surface area contributed by atoms with Crippen LogP contribution in [0.3, 0.4) is 0 Å². The molecule has 1 fully saturated rings. The number of rotatable bonds is 2. The van der Waals surface area contributed by atoms with Gasteiger partial charge in [-0.15, -0.1) is 0 Å². The lowest BCUT2D eigenvalue weighted by Gasteiger charge is -2.31. The lowest BCUT2D eigenvalue weighted by molar-refractivity contribution is -0.131. The molecule has 5 heteroatoms. The summed E-state index contributed by atoms with van der Waals surface area (Å²) in [6.45, 7) is 5.01. The van der Waals surface area contributed by atoms with Crippen LogP contribution in [0.5, 0.6) is 0 Å². The molecule has 1 heterocycles. The molecule has 0 saturated carbocycles. The molecule has 0 aromatic heterocycles. The predicted octanol–water partition coefficient (Wildman–Crippen LogP) is 0.678. The highest BCUT2D eigenvalue weighted by atomic mass is 32.2. The molecule has 0 aliphatic carbocycles. The summed E-state index contributed by atoms with van der Waals surface area (Å²) >= 11 is 0. The number of hydrogen-bond acceptors (Lipinski definition) is 3. The first-order chi connectivity index (χ1) is 6.82. The molecule has 0 bridgehead atoms. The summed E-state index contributed by atoms with van der Waals surface area (Å²) < 4.78 is 22.5. The monoisotopic (exact) mass is 233 g/mol. The second-order valence-corrected chi connectivity index (χ2v) is 6.85. The minimum atomic E-state index is -3.26. The highest BCUT2D eigenvalue weighted by Crippen LogP contribution is 2.17. The van der Waals surface area contributed by atoms with Gasteiger partial charge in [0.1, 0.15) is 5.25 Å². The van der Waals surface area contributed by atoms with Crippen LogP contribution in [0.1, 0.15) is 26.7 Å². The Labute approximate surface area is 91.6 Å². The number of carbonyl (C=O) groups is 1. The van der Waals surface area contributed by atoms with E-state index in [-0.39, 0.29) is 5.91 Å². The minimum absolute atomic E-state index is 0.246. The molecule has 1 saturated heterocycles. The fourth-order valence-electron chi connectivity index (χ4n) is 1.67. The third-order valence-corrected chi connectivity index (χ3v) is 4.57. The van der Waals surface area contributed by atoms with Gasteiger partial charge in [-0.05, 0) is 25.7 Å². The first kappa shape index (κ1) is 12.5. The van der Waals surface area contributed by atoms with Crippen molar-refractivity contribution in [1.29, 1.82) is 0 Å². The molecule has 0 N–H and O–H groups in total. The third kappa shape index (κ3) is 3.19. The van der Waals surface area contributed by atoms with E-state index in [9.17, 15) is 13.2 Å². The maximum atomic E-state index is 11.8. The summed E-state index contributed by atoms with van der Waals surface area (Å²) in [5.41, 5.74) is 0. The molecule has 0 aromatic carbocycles. The maximum absolute atomic E-state index is 11.8. The Kier molecular flexibility index (Phi) is 3.76. The SMILES string of the molecule is CC1CCN(C(=O)[C@H](C)S(C)(=O)=O)CC1. The van der Waals surface area contributed by atoms with Crippen molar-refractivity contribution in [1.82, 2.24) is 4.90 Å². The predicted molar refractivity (Wildman–Crippen MR) is 59.3 cm³/mol. The lowest BCUT2D eigenvalue weighted by Crippen LogP contribution is -2.44. The Morgan fingerprint density at radius 2 is 1.80 bits per heavy atom. The normalized spacial score (nSPS) is 21.4. The van der Waals surface area contributed by atoms with Gasteiger partial charge in [-0.25, -0.2) is 8.42 Å². The molecule has 4 nitrogen and oxygen atoms in total. The fourth-order valence-corrected chi connectivity index (χ4v) is 2.18.